The minimum Gasteiger partial charge on any atom is -0.396 e. The summed E-state index contributed by atoms with van der Waals surface area (Å²) in [5.74, 6) is -0.521. The number of benzene rings is 2. The zero-order chi connectivity index (χ0) is 20.5. The van der Waals surface area contributed by atoms with Crippen LogP contribution in [0.2, 0.25) is 15.1 Å². The van der Waals surface area contributed by atoms with E-state index >= 15 is 0 Å². The summed E-state index contributed by atoms with van der Waals surface area (Å²) >= 11 is 17.8. The molecule has 1 amide bonds. The van der Waals surface area contributed by atoms with Gasteiger partial charge < -0.3 is 11.1 Å². The van der Waals surface area contributed by atoms with Crippen LogP contribution in [-0.2, 0) is 14.8 Å². The molecule has 2 aromatic rings. The molecule has 1 fully saturated rings. The van der Waals surface area contributed by atoms with E-state index in [0.717, 1.165) is 0 Å². The van der Waals surface area contributed by atoms with Crippen LogP contribution in [0.4, 0.5) is 11.4 Å². The molecule has 0 spiro atoms. The maximum Gasteiger partial charge on any atom is 0.243 e. The van der Waals surface area contributed by atoms with Gasteiger partial charge in [-0.15, -0.1) is 0 Å². The number of carbonyl (C=O) groups excluding carboxylic acids is 1. The first-order chi connectivity index (χ1) is 13.2. The van der Waals surface area contributed by atoms with Crippen molar-refractivity contribution >= 4 is 62.1 Å². The second-order valence-electron chi connectivity index (χ2n) is 6.48. The number of rotatable bonds is 4. The van der Waals surface area contributed by atoms with E-state index in [1.807, 2.05) is 0 Å². The van der Waals surface area contributed by atoms with Gasteiger partial charge in [-0.1, -0.05) is 34.8 Å². The molecular weight excluding hydrogens is 445 g/mol. The van der Waals surface area contributed by atoms with Crippen molar-refractivity contribution in [1.29, 1.82) is 0 Å². The summed E-state index contributed by atoms with van der Waals surface area (Å²) in [6.45, 7) is 0.512. The SMILES string of the molecule is Nc1c(Cl)cc(NC(=O)C2CCN(S(=O)(=O)c3ccc(Cl)cc3)CC2)cc1Cl. The van der Waals surface area contributed by atoms with Crippen LogP contribution >= 0.6 is 34.8 Å². The van der Waals surface area contributed by atoms with Crippen LogP contribution in [0.5, 0.6) is 0 Å². The predicted octanol–water partition coefficient (Wildman–Crippen LogP) is 4.27. The third kappa shape index (κ3) is 4.55. The van der Waals surface area contributed by atoms with Crippen molar-refractivity contribution in [1.82, 2.24) is 4.31 Å². The third-order valence-electron chi connectivity index (χ3n) is 4.62. The van der Waals surface area contributed by atoms with Crippen LogP contribution in [0.1, 0.15) is 12.8 Å². The molecule has 10 heteroatoms. The van der Waals surface area contributed by atoms with E-state index < -0.39 is 10.0 Å². The summed E-state index contributed by atoms with van der Waals surface area (Å²) in [6.07, 6.45) is 0.824. The molecular formula is C18H18Cl3N3O3S. The lowest BCUT2D eigenvalue weighted by Crippen LogP contribution is -2.41. The Balaban J connectivity index is 1.63. The summed E-state index contributed by atoms with van der Waals surface area (Å²) in [6, 6.07) is 9.09. The van der Waals surface area contributed by atoms with E-state index in [1.165, 1.54) is 40.7 Å². The number of halogens is 3. The second-order valence-corrected chi connectivity index (χ2v) is 9.66. The highest BCUT2D eigenvalue weighted by molar-refractivity contribution is 7.89. The van der Waals surface area contributed by atoms with Crippen molar-refractivity contribution in [3.63, 3.8) is 0 Å². The molecule has 1 aliphatic rings. The Labute approximate surface area is 178 Å². The van der Waals surface area contributed by atoms with Gasteiger partial charge in [0.25, 0.3) is 0 Å². The maximum atomic E-state index is 12.7. The Morgan fingerprint density at radius 2 is 1.57 bits per heavy atom. The van der Waals surface area contributed by atoms with Gasteiger partial charge in [0.1, 0.15) is 0 Å². The first-order valence-corrected chi connectivity index (χ1v) is 11.1. The molecule has 150 valence electrons. The molecule has 3 N–H and O–H groups in total. The number of nitrogens with zero attached hydrogens (tertiary/aromatic N) is 1. The fourth-order valence-electron chi connectivity index (χ4n) is 3.01. The number of nitrogen functional groups attached to an aromatic ring is 1. The van der Waals surface area contributed by atoms with Gasteiger partial charge in [0.15, 0.2) is 0 Å². The third-order valence-corrected chi connectivity index (χ3v) is 7.41. The molecule has 6 nitrogen and oxygen atoms in total. The molecule has 1 saturated heterocycles. The van der Waals surface area contributed by atoms with E-state index in [0.29, 0.717) is 23.6 Å². The van der Waals surface area contributed by atoms with Crippen LogP contribution in [0.3, 0.4) is 0 Å². The van der Waals surface area contributed by atoms with Crippen LogP contribution in [-0.4, -0.2) is 31.7 Å². The molecule has 0 unspecified atom stereocenters. The number of nitrogens with one attached hydrogen (secondary N) is 1. The number of amides is 1. The molecule has 1 aliphatic heterocycles. The minimum absolute atomic E-state index is 0.186. The molecule has 28 heavy (non-hydrogen) atoms. The Bertz CT molecular complexity index is 966. The van der Waals surface area contributed by atoms with Gasteiger partial charge in [-0.2, -0.15) is 4.31 Å². The van der Waals surface area contributed by atoms with Crippen LogP contribution < -0.4 is 11.1 Å². The zero-order valence-corrected chi connectivity index (χ0v) is 17.7. The van der Waals surface area contributed by atoms with E-state index in [-0.39, 0.29) is 45.5 Å². The lowest BCUT2D eigenvalue weighted by atomic mass is 9.97. The van der Waals surface area contributed by atoms with Gasteiger partial charge in [-0.05, 0) is 49.2 Å². The summed E-state index contributed by atoms with van der Waals surface area (Å²) in [4.78, 5) is 12.7. The molecule has 0 radical (unpaired) electrons. The van der Waals surface area contributed by atoms with Crippen LogP contribution in [0.25, 0.3) is 0 Å². The molecule has 0 aliphatic carbocycles. The Morgan fingerprint density at radius 3 is 2.11 bits per heavy atom. The van der Waals surface area contributed by atoms with Crippen molar-refractivity contribution in [3.8, 4) is 0 Å². The Hall–Kier alpha value is -1.51. The van der Waals surface area contributed by atoms with Crippen molar-refractivity contribution < 1.29 is 13.2 Å². The van der Waals surface area contributed by atoms with E-state index in [9.17, 15) is 13.2 Å². The number of nitrogens with two attached hydrogens (primary N) is 1. The second kappa shape index (κ2) is 8.47. The molecule has 0 atom stereocenters. The van der Waals surface area contributed by atoms with Crippen molar-refractivity contribution in [2.45, 2.75) is 17.7 Å². The zero-order valence-electron chi connectivity index (χ0n) is 14.7. The number of carbonyl (C=O) groups is 1. The van der Waals surface area contributed by atoms with Crippen LogP contribution in [0, 0.1) is 5.92 Å². The largest absolute Gasteiger partial charge is 0.396 e. The lowest BCUT2D eigenvalue weighted by Gasteiger charge is -2.30. The fourth-order valence-corrected chi connectivity index (χ4v) is 5.10. The Morgan fingerprint density at radius 1 is 1.04 bits per heavy atom. The van der Waals surface area contributed by atoms with Crippen molar-refractivity contribution in [2.75, 3.05) is 24.1 Å². The number of piperidine rings is 1. The van der Waals surface area contributed by atoms with E-state index in [1.54, 1.807) is 0 Å². The lowest BCUT2D eigenvalue weighted by molar-refractivity contribution is -0.120. The number of hydrogen-bond acceptors (Lipinski definition) is 4. The molecule has 3 rings (SSSR count). The molecule has 2 aromatic carbocycles. The number of hydrogen-bond donors (Lipinski definition) is 2. The van der Waals surface area contributed by atoms with E-state index in [4.69, 9.17) is 40.5 Å². The highest BCUT2D eigenvalue weighted by Gasteiger charge is 2.32. The van der Waals surface area contributed by atoms with Crippen molar-refractivity contribution in [2.24, 2.45) is 5.92 Å². The summed E-state index contributed by atoms with van der Waals surface area (Å²) < 4.78 is 26.8. The van der Waals surface area contributed by atoms with Gasteiger partial charge in [-0.3, -0.25) is 4.79 Å². The first-order valence-electron chi connectivity index (χ1n) is 8.49. The van der Waals surface area contributed by atoms with Gasteiger partial charge in [0.2, 0.25) is 15.9 Å². The monoisotopic (exact) mass is 461 g/mol. The number of anilines is 2. The summed E-state index contributed by atoms with van der Waals surface area (Å²) in [5, 5.41) is 3.75. The van der Waals surface area contributed by atoms with Gasteiger partial charge in [-0.25, -0.2) is 8.42 Å². The highest BCUT2D eigenvalue weighted by atomic mass is 35.5. The molecule has 0 aromatic heterocycles. The Kier molecular flexibility index (Phi) is 6.41. The van der Waals surface area contributed by atoms with Gasteiger partial charge in [0, 0.05) is 29.7 Å². The van der Waals surface area contributed by atoms with Gasteiger partial charge in [0.05, 0.1) is 20.6 Å². The average Bonchev–Trinajstić information content (AvgIpc) is 2.66. The normalized spacial score (nSPS) is 16.1. The van der Waals surface area contributed by atoms with Crippen molar-refractivity contribution in [3.05, 3.63) is 51.5 Å². The maximum absolute atomic E-state index is 12.7. The fraction of sp³-hybridized carbons (Fsp3) is 0.278. The highest BCUT2D eigenvalue weighted by Crippen LogP contribution is 2.32. The summed E-state index contributed by atoms with van der Waals surface area (Å²) in [7, 11) is -3.61. The quantitative estimate of drug-likeness (QED) is 0.664. The standard InChI is InChI=1S/C18H18Cl3N3O3S/c19-12-1-3-14(4-2-12)28(26,27)24-7-5-11(6-8-24)18(25)23-13-9-15(20)17(22)16(21)10-13/h1-4,9-11H,5-8,22H2,(H,23,25). The van der Waals surface area contributed by atoms with Gasteiger partial charge >= 0.3 is 0 Å². The predicted molar refractivity (Wildman–Crippen MR) is 112 cm³/mol. The molecule has 0 saturated carbocycles. The molecule has 1 heterocycles. The first kappa shape index (κ1) is 21.2. The summed E-state index contributed by atoms with van der Waals surface area (Å²) in [5.41, 5.74) is 6.39. The van der Waals surface area contributed by atoms with E-state index in [2.05, 4.69) is 5.32 Å². The van der Waals surface area contributed by atoms with Crippen LogP contribution in [0.15, 0.2) is 41.3 Å². The average molecular weight is 463 g/mol. The molecule has 0 bridgehead atoms. The minimum atomic E-state index is -3.61. The topological polar surface area (TPSA) is 92.5 Å². The number of sulfonamides is 1. The smallest absolute Gasteiger partial charge is 0.243 e.